The topological polar surface area (TPSA) is 46.3 Å². The number of nitrogens with zero attached hydrogens (tertiary/aromatic N) is 1. The molecule has 0 aliphatic rings. The maximum Gasteiger partial charge on any atom is 0.240 e. The van der Waals surface area contributed by atoms with Gasteiger partial charge in [0.1, 0.15) is 0 Å². The smallest absolute Gasteiger partial charge is 0.240 e. The van der Waals surface area contributed by atoms with Crippen molar-refractivity contribution in [1.82, 2.24) is 4.90 Å². The van der Waals surface area contributed by atoms with E-state index in [1.54, 1.807) is 17.1 Å². The van der Waals surface area contributed by atoms with E-state index < -0.39 is 6.04 Å². The molecule has 1 amide bonds. The first-order valence-corrected chi connectivity index (χ1v) is 5.99. The molecule has 1 atom stereocenters. The summed E-state index contributed by atoms with van der Waals surface area (Å²) in [5.41, 5.74) is 7.02. The molecule has 0 radical (unpaired) electrons. The summed E-state index contributed by atoms with van der Waals surface area (Å²) < 4.78 is 0. The standard InChI is InChI=1S/C15H20N2O/c1-3-10-17(11-4-2)15(18)14(16)12-13-8-6-5-7-9-13/h3-9,14H,1-2,10-12,16H2/t14-/m0/s1. The van der Waals surface area contributed by atoms with Crippen molar-refractivity contribution in [3.05, 3.63) is 61.2 Å². The number of hydrogen-bond acceptors (Lipinski definition) is 2. The van der Waals surface area contributed by atoms with Gasteiger partial charge < -0.3 is 10.6 Å². The van der Waals surface area contributed by atoms with E-state index in [9.17, 15) is 4.79 Å². The highest BCUT2D eigenvalue weighted by Crippen LogP contribution is 2.04. The fraction of sp³-hybridized carbons (Fsp3) is 0.267. The van der Waals surface area contributed by atoms with Crippen molar-refractivity contribution in [2.24, 2.45) is 5.73 Å². The number of benzene rings is 1. The van der Waals surface area contributed by atoms with Crippen LogP contribution in [0.2, 0.25) is 0 Å². The van der Waals surface area contributed by atoms with Gasteiger partial charge in [0.2, 0.25) is 5.91 Å². The number of rotatable bonds is 7. The Hall–Kier alpha value is -1.87. The molecule has 0 saturated carbocycles. The molecule has 0 aliphatic carbocycles. The molecule has 0 fully saturated rings. The quantitative estimate of drug-likeness (QED) is 0.743. The van der Waals surface area contributed by atoms with Crippen LogP contribution in [0.4, 0.5) is 0 Å². The van der Waals surface area contributed by atoms with Crippen molar-refractivity contribution in [3.8, 4) is 0 Å². The highest BCUT2D eigenvalue weighted by atomic mass is 16.2. The van der Waals surface area contributed by atoms with Crippen molar-refractivity contribution in [2.75, 3.05) is 13.1 Å². The van der Waals surface area contributed by atoms with Gasteiger partial charge in [-0.15, -0.1) is 13.2 Å². The van der Waals surface area contributed by atoms with Gasteiger partial charge in [0.15, 0.2) is 0 Å². The molecule has 0 bridgehead atoms. The average molecular weight is 244 g/mol. The van der Waals surface area contributed by atoms with Crippen LogP contribution in [-0.2, 0) is 11.2 Å². The van der Waals surface area contributed by atoms with Gasteiger partial charge in [-0.2, -0.15) is 0 Å². The Morgan fingerprint density at radius 3 is 2.28 bits per heavy atom. The summed E-state index contributed by atoms with van der Waals surface area (Å²) in [6, 6.07) is 9.25. The Morgan fingerprint density at radius 2 is 1.78 bits per heavy atom. The van der Waals surface area contributed by atoms with Gasteiger partial charge in [0, 0.05) is 13.1 Å². The predicted molar refractivity (Wildman–Crippen MR) is 75.1 cm³/mol. The summed E-state index contributed by atoms with van der Waals surface area (Å²) in [6.45, 7) is 8.27. The summed E-state index contributed by atoms with van der Waals surface area (Å²) in [6.07, 6.45) is 3.93. The predicted octanol–water partition coefficient (Wildman–Crippen LogP) is 1.76. The largest absolute Gasteiger partial charge is 0.334 e. The molecule has 0 aromatic heterocycles. The molecule has 2 N–H and O–H groups in total. The Balaban J connectivity index is 2.64. The molecule has 0 saturated heterocycles. The van der Waals surface area contributed by atoms with Gasteiger partial charge in [0.25, 0.3) is 0 Å². The van der Waals surface area contributed by atoms with Gasteiger partial charge in [-0.3, -0.25) is 4.79 Å². The van der Waals surface area contributed by atoms with Crippen molar-refractivity contribution in [3.63, 3.8) is 0 Å². The average Bonchev–Trinajstić information content (AvgIpc) is 2.39. The summed E-state index contributed by atoms with van der Waals surface area (Å²) in [5.74, 6) is -0.0707. The second-order valence-electron chi connectivity index (χ2n) is 4.12. The van der Waals surface area contributed by atoms with Crippen LogP contribution < -0.4 is 5.73 Å². The van der Waals surface area contributed by atoms with Crippen LogP contribution in [0.3, 0.4) is 0 Å². The van der Waals surface area contributed by atoms with E-state index in [-0.39, 0.29) is 5.91 Å². The van der Waals surface area contributed by atoms with Crippen LogP contribution in [0, 0.1) is 0 Å². The molecule has 0 unspecified atom stereocenters. The molecule has 0 spiro atoms. The lowest BCUT2D eigenvalue weighted by Crippen LogP contribution is -2.45. The highest BCUT2D eigenvalue weighted by Gasteiger charge is 2.19. The van der Waals surface area contributed by atoms with Gasteiger partial charge in [-0.05, 0) is 12.0 Å². The first-order valence-electron chi connectivity index (χ1n) is 5.99. The Labute approximate surface area is 109 Å². The highest BCUT2D eigenvalue weighted by molar-refractivity contribution is 5.82. The summed E-state index contributed by atoms with van der Waals surface area (Å²) in [5, 5.41) is 0. The second-order valence-corrected chi connectivity index (χ2v) is 4.12. The molecule has 96 valence electrons. The third kappa shape index (κ3) is 4.18. The number of nitrogens with two attached hydrogens (primary N) is 1. The molecule has 1 rings (SSSR count). The summed E-state index contributed by atoms with van der Waals surface area (Å²) in [7, 11) is 0. The van der Waals surface area contributed by atoms with E-state index in [4.69, 9.17) is 5.73 Å². The number of hydrogen-bond donors (Lipinski definition) is 1. The van der Waals surface area contributed by atoms with Crippen LogP contribution >= 0.6 is 0 Å². The fourth-order valence-corrected chi connectivity index (χ4v) is 1.76. The van der Waals surface area contributed by atoms with E-state index in [1.807, 2.05) is 30.3 Å². The fourth-order valence-electron chi connectivity index (χ4n) is 1.76. The molecule has 3 nitrogen and oxygen atoms in total. The monoisotopic (exact) mass is 244 g/mol. The van der Waals surface area contributed by atoms with Crippen LogP contribution in [0.15, 0.2) is 55.6 Å². The van der Waals surface area contributed by atoms with E-state index in [2.05, 4.69) is 13.2 Å². The van der Waals surface area contributed by atoms with Crippen molar-refractivity contribution in [1.29, 1.82) is 0 Å². The minimum absolute atomic E-state index is 0.0707. The van der Waals surface area contributed by atoms with E-state index >= 15 is 0 Å². The molecule has 3 heteroatoms. The molecule has 1 aromatic carbocycles. The lowest BCUT2D eigenvalue weighted by Gasteiger charge is -2.23. The zero-order valence-electron chi connectivity index (χ0n) is 10.6. The molecule has 0 aliphatic heterocycles. The van der Waals surface area contributed by atoms with Gasteiger partial charge >= 0.3 is 0 Å². The van der Waals surface area contributed by atoms with Crippen LogP contribution in [0.5, 0.6) is 0 Å². The normalized spacial score (nSPS) is 11.6. The third-order valence-corrected chi connectivity index (χ3v) is 2.63. The minimum atomic E-state index is -0.521. The third-order valence-electron chi connectivity index (χ3n) is 2.63. The number of carbonyl (C=O) groups excluding carboxylic acids is 1. The van der Waals surface area contributed by atoms with E-state index in [1.165, 1.54) is 0 Å². The maximum absolute atomic E-state index is 12.1. The van der Waals surface area contributed by atoms with Crippen molar-refractivity contribution < 1.29 is 4.79 Å². The van der Waals surface area contributed by atoms with Crippen LogP contribution in [0.1, 0.15) is 5.56 Å². The van der Waals surface area contributed by atoms with Crippen LogP contribution in [0.25, 0.3) is 0 Å². The van der Waals surface area contributed by atoms with E-state index in [0.717, 1.165) is 5.56 Å². The molecule has 0 heterocycles. The van der Waals surface area contributed by atoms with Gasteiger partial charge in [0.05, 0.1) is 6.04 Å². The Kier molecular flexibility index (Phi) is 5.88. The lowest BCUT2D eigenvalue weighted by atomic mass is 10.1. The van der Waals surface area contributed by atoms with Gasteiger partial charge in [-0.25, -0.2) is 0 Å². The zero-order valence-corrected chi connectivity index (χ0v) is 10.6. The summed E-state index contributed by atoms with van der Waals surface area (Å²) >= 11 is 0. The molecule has 1 aromatic rings. The summed E-state index contributed by atoms with van der Waals surface area (Å²) in [4.78, 5) is 13.8. The maximum atomic E-state index is 12.1. The van der Waals surface area contributed by atoms with Crippen molar-refractivity contribution >= 4 is 5.91 Å². The molecular formula is C15H20N2O. The molecular weight excluding hydrogens is 224 g/mol. The first-order chi connectivity index (χ1) is 8.69. The second kappa shape index (κ2) is 7.45. The van der Waals surface area contributed by atoms with Crippen LogP contribution in [-0.4, -0.2) is 29.9 Å². The van der Waals surface area contributed by atoms with E-state index in [0.29, 0.717) is 19.5 Å². The number of amides is 1. The Bertz CT molecular complexity index is 390. The number of carbonyl (C=O) groups is 1. The Morgan fingerprint density at radius 1 is 1.22 bits per heavy atom. The van der Waals surface area contributed by atoms with Gasteiger partial charge in [-0.1, -0.05) is 42.5 Å². The lowest BCUT2D eigenvalue weighted by molar-refractivity contribution is -0.131. The SMILES string of the molecule is C=CCN(CC=C)C(=O)[C@@H](N)Cc1ccccc1. The van der Waals surface area contributed by atoms with Crippen molar-refractivity contribution in [2.45, 2.75) is 12.5 Å². The first kappa shape index (κ1) is 14.2. The minimum Gasteiger partial charge on any atom is -0.334 e. The zero-order chi connectivity index (χ0) is 13.4. The molecule has 18 heavy (non-hydrogen) atoms.